The molecule has 0 aliphatic carbocycles. The number of piperazine rings is 1. The number of likely N-dealkylation sites (N-methyl/N-ethyl adjacent to an activating group) is 1. The molecule has 2 N–H and O–H groups in total. The van der Waals surface area contributed by atoms with Crippen LogP contribution in [-0.2, 0) is 29.5 Å². The van der Waals surface area contributed by atoms with Gasteiger partial charge in [0, 0.05) is 76.2 Å². The van der Waals surface area contributed by atoms with Crippen LogP contribution in [0, 0.1) is 0 Å². The molecule has 4 aromatic carbocycles. The standard InChI is InChI=1S/C47H57N7O6S/c1-4-6-20-52(21-7-5-2)47(58)43-32-53(27-26-51-24-22-50(3)23-25-51)44(48-43)41-19-17-37(45(56)49-61(59,60)40-18-16-34-12-8-9-14-36(34)29-40)30-42(41)46(57)54-31-38-15-11-10-13-35(38)28-39(54)33-55/h8-19,29-30,32,39,55H,4-7,20-28,31,33H2,1-3H3,(H,49,56)/t39-/m0/s1. The van der Waals surface area contributed by atoms with Gasteiger partial charge in [-0.3, -0.25) is 19.3 Å². The van der Waals surface area contributed by atoms with Crippen molar-refractivity contribution in [3.05, 3.63) is 119 Å². The summed E-state index contributed by atoms with van der Waals surface area (Å²) in [6.07, 6.45) is 5.79. The average molecular weight is 848 g/mol. The van der Waals surface area contributed by atoms with Crippen LogP contribution in [0.2, 0.25) is 0 Å². The molecular formula is C47H57N7O6S. The Morgan fingerprint density at radius 1 is 0.836 bits per heavy atom. The van der Waals surface area contributed by atoms with E-state index in [-0.39, 0.29) is 40.8 Å². The molecule has 322 valence electrons. The lowest BCUT2D eigenvalue weighted by molar-refractivity contribution is 0.0544. The lowest BCUT2D eigenvalue weighted by Crippen LogP contribution is -2.46. The number of imidazole rings is 1. The second-order valence-corrected chi connectivity index (χ2v) is 17.9. The Hall–Kier alpha value is -5.41. The minimum absolute atomic E-state index is 0.0495. The third kappa shape index (κ3) is 10.0. The molecule has 1 atom stereocenters. The summed E-state index contributed by atoms with van der Waals surface area (Å²) in [4.78, 5) is 56.3. The SMILES string of the molecule is CCCCN(CCCC)C(=O)c1cn(CCN2CCN(C)CC2)c(-c2ccc(C(=O)NS(=O)(=O)c3ccc4ccccc4c3)cc2C(=O)N2Cc3ccccc3C[C@H]2CO)n1. The summed E-state index contributed by atoms with van der Waals surface area (Å²) >= 11 is 0. The van der Waals surface area contributed by atoms with Crippen molar-refractivity contribution in [2.45, 2.75) is 70.0 Å². The zero-order chi connectivity index (χ0) is 43.1. The molecule has 3 amide bonds. The van der Waals surface area contributed by atoms with E-state index in [1.165, 1.54) is 24.3 Å². The molecule has 2 aliphatic heterocycles. The summed E-state index contributed by atoms with van der Waals surface area (Å²) in [5.74, 6) is -1.16. The van der Waals surface area contributed by atoms with E-state index < -0.39 is 27.9 Å². The molecule has 1 saturated heterocycles. The number of carbonyl (C=O) groups is 3. The number of sulfonamides is 1. The van der Waals surface area contributed by atoms with Crippen LogP contribution in [0.5, 0.6) is 0 Å². The van der Waals surface area contributed by atoms with Crippen LogP contribution in [0.3, 0.4) is 0 Å². The van der Waals surface area contributed by atoms with Crippen molar-refractivity contribution < 1.29 is 27.9 Å². The van der Waals surface area contributed by atoms with Crippen LogP contribution in [0.4, 0.5) is 0 Å². The molecule has 3 heterocycles. The number of aliphatic hydroxyl groups is 1. The van der Waals surface area contributed by atoms with E-state index in [4.69, 9.17) is 4.98 Å². The lowest BCUT2D eigenvalue weighted by Gasteiger charge is -2.36. The Morgan fingerprint density at radius 2 is 1.52 bits per heavy atom. The molecule has 0 radical (unpaired) electrons. The van der Waals surface area contributed by atoms with Crippen LogP contribution < -0.4 is 4.72 Å². The first-order valence-corrected chi connectivity index (χ1v) is 22.9. The van der Waals surface area contributed by atoms with Crippen LogP contribution in [0.15, 0.2) is 96.0 Å². The lowest BCUT2D eigenvalue weighted by atomic mass is 9.92. The average Bonchev–Trinajstić information content (AvgIpc) is 3.71. The smallest absolute Gasteiger partial charge is 0.274 e. The molecule has 1 fully saturated rings. The topological polar surface area (TPSA) is 148 Å². The van der Waals surface area contributed by atoms with Gasteiger partial charge in [-0.2, -0.15) is 0 Å². The maximum atomic E-state index is 15.1. The van der Waals surface area contributed by atoms with Gasteiger partial charge in [0.1, 0.15) is 11.5 Å². The molecule has 5 aromatic rings. The van der Waals surface area contributed by atoms with E-state index in [2.05, 4.69) is 35.4 Å². The Balaban J connectivity index is 1.30. The normalized spacial score (nSPS) is 16.1. The van der Waals surface area contributed by atoms with Crippen molar-refractivity contribution >= 4 is 38.5 Å². The summed E-state index contributed by atoms with van der Waals surface area (Å²) in [6.45, 7) is 10.2. The number of nitrogens with zero attached hydrogens (tertiary/aromatic N) is 6. The Labute approximate surface area is 359 Å². The molecule has 1 aromatic heterocycles. The molecule has 2 aliphatic rings. The van der Waals surface area contributed by atoms with Gasteiger partial charge in [-0.25, -0.2) is 18.1 Å². The third-order valence-corrected chi connectivity index (χ3v) is 13.3. The largest absolute Gasteiger partial charge is 0.394 e. The second kappa shape index (κ2) is 19.5. The van der Waals surface area contributed by atoms with E-state index in [1.807, 2.05) is 51.9 Å². The van der Waals surface area contributed by atoms with Crippen molar-refractivity contribution in [2.24, 2.45) is 0 Å². The number of aromatic nitrogens is 2. The van der Waals surface area contributed by atoms with Crippen LogP contribution in [0.25, 0.3) is 22.2 Å². The summed E-state index contributed by atoms with van der Waals surface area (Å²) in [6, 6.07) is 23.7. The van der Waals surface area contributed by atoms with E-state index in [9.17, 15) is 23.1 Å². The maximum Gasteiger partial charge on any atom is 0.274 e. The molecule has 13 nitrogen and oxygen atoms in total. The zero-order valence-electron chi connectivity index (χ0n) is 35.4. The summed E-state index contributed by atoms with van der Waals surface area (Å²) in [5.41, 5.74) is 2.69. The number of carbonyl (C=O) groups excluding carboxylic acids is 3. The van der Waals surface area contributed by atoms with Crippen LogP contribution in [0.1, 0.15) is 81.9 Å². The number of benzene rings is 4. The minimum atomic E-state index is -4.31. The number of nitrogens with one attached hydrogen (secondary N) is 1. The Morgan fingerprint density at radius 3 is 2.23 bits per heavy atom. The number of hydrogen-bond acceptors (Lipinski definition) is 9. The number of unbranched alkanes of at least 4 members (excludes halogenated alkanes) is 2. The molecule has 0 spiro atoms. The third-order valence-electron chi connectivity index (χ3n) is 11.9. The number of hydrogen-bond donors (Lipinski definition) is 2. The van der Waals surface area contributed by atoms with Gasteiger partial charge in [-0.05, 0) is 78.5 Å². The molecule has 0 saturated carbocycles. The van der Waals surface area contributed by atoms with Crippen molar-refractivity contribution in [3.63, 3.8) is 0 Å². The highest BCUT2D eigenvalue weighted by Crippen LogP contribution is 2.31. The van der Waals surface area contributed by atoms with Gasteiger partial charge in [0.2, 0.25) is 0 Å². The molecule has 61 heavy (non-hydrogen) atoms. The fourth-order valence-corrected chi connectivity index (χ4v) is 9.18. The monoisotopic (exact) mass is 847 g/mol. The van der Waals surface area contributed by atoms with E-state index in [0.29, 0.717) is 49.4 Å². The quantitative estimate of drug-likeness (QED) is 0.128. The van der Waals surface area contributed by atoms with Gasteiger partial charge in [0.15, 0.2) is 0 Å². The number of rotatable bonds is 16. The molecule has 7 rings (SSSR count). The molecule has 0 unspecified atom stereocenters. The summed E-state index contributed by atoms with van der Waals surface area (Å²) < 4.78 is 31.4. The molecule has 14 heteroatoms. The summed E-state index contributed by atoms with van der Waals surface area (Å²) in [5, 5.41) is 12.2. The van der Waals surface area contributed by atoms with E-state index in [0.717, 1.165) is 68.4 Å². The molecule has 0 bridgehead atoms. The zero-order valence-corrected chi connectivity index (χ0v) is 36.2. The number of fused-ring (bicyclic) bond motifs is 2. The Kier molecular flexibility index (Phi) is 14.0. The van der Waals surface area contributed by atoms with Gasteiger partial charge in [0.05, 0.1) is 23.1 Å². The van der Waals surface area contributed by atoms with Gasteiger partial charge < -0.3 is 24.4 Å². The Bertz CT molecular complexity index is 2470. The highest BCUT2D eigenvalue weighted by atomic mass is 32.2. The van der Waals surface area contributed by atoms with Crippen LogP contribution >= 0.6 is 0 Å². The first-order chi connectivity index (χ1) is 29.5. The van der Waals surface area contributed by atoms with Crippen molar-refractivity contribution in [2.75, 3.05) is 59.5 Å². The van der Waals surface area contributed by atoms with Gasteiger partial charge in [-0.15, -0.1) is 0 Å². The predicted molar refractivity (Wildman–Crippen MR) is 237 cm³/mol. The fraction of sp³-hybridized carbons (Fsp3) is 0.404. The molecular weight excluding hydrogens is 791 g/mol. The van der Waals surface area contributed by atoms with Crippen molar-refractivity contribution in [1.82, 2.24) is 33.9 Å². The van der Waals surface area contributed by atoms with Gasteiger partial charge in [0.25, 0.3) is 27.7 Å². The number of amides is 3. The van der Waals surface area contributed by atoms with E-state index >= 15 is 4.79 Å². The number of aliphatic hydroxyl groups excluding tert-OH is 1. The van der Waals surface area contributed by atoms with Gasteiger partial charge in [-0.1, -0.05) is 81.3 Å². The van der Waals surface area contributed by atoms with Gasteiger partial charge >= 0.3 is 0 Å². The second-order valence-electron chi connectivity index (χ2n) is 16.2. The summed E-state index contributed by atoms with van der Waals surface area (Å²) in [7, 11) is -2.20. The minimum Gasteiger partial charge on any atom is -0.394 e. The highest BCUT2D eigenvalue weighted by Gasteiger charge is 2.33. The van der Waals surface area contributed by atoms with Crippen molar-refractivity contribution in [1.29, 1.82) is 0 Å². The van der Waals surface area contributed by atoms with Crippen LogP contribution in [-0.4, -0.2) is 126 Å². The fourth-order valence-electron chi connectivity index (χ4n) is 8.17. The first-order valence-electron chi connectivity index (χ1n) is 21.5. The van der Waals surface area contributed by atoms with E-state index in [1.54, 1.807) is 29.3 Å². The predicted octanol–water partition coefficient (Wildman–Crippen LogP) is 5.67. The van der Waals surface area contributed by atoms with Crippen molar-refractivity contribution in [3.8, 4) is 11.4 Å². The first kappa shape index (κ1) is 43.7. The highest BCUT2D eigenvalue weighted by molar-refractivity contribution is 7.90. The maximum absolute atomic E-state index is 15.1.